The molecular weight excluding hydrogens is 906 g/mol. The van der Waals surface area contributed by atoms with E-state index in [1.165, 1.54) is 18.7 Å². The predicted octanol–water partition coefficient (Wildman–Crippen LogP) is 7.34. The van der Waals surface area contributed by atoms with E-state index in [2.05, 4.69) is 0 Å². The van der Waals surface area contributed by atoms with Crippen molar-refractivity contribution in [3.63, 3.8) is 0 Å². The van der Waals surface area contributed by atoms with E-state index in [-0.39, 0.29) is 66.9 Å². The molecule has 16 heteroatoms. The van der Waals surface area contributed by atoms with Crippen molar-refractivity contribution in [2.24, 2.45) is 41.4 Å². The third kappa shape index (κ3) is 16.2. The van der Waals surface area contributed by atoms with Gasteiger partial charge in [-0.25, -0.2) is 4.79 Å². The van der Waals surface area contributed by atoms with E-state index >= 15 is 0 Å². The van der Waals surface area contributed by atoms with Gasteiger partial charge in [-0.1, -0.05) is 71.1 Å². The largest absolute Gasteiger partial charge is 0.460 e. The maximum Gasteiger partial charge on any atom is 0.329 e. The number of ether oxygens (including phenoxy) is 5. The average molecular weight is 990 g/mol. The summed E-state index contributed by atoms with van der Waals surface area (Å²) in [7, 11) is 1.25. The van der Waals surface area contributed by atoms with Crippen LogP contribution < -0.4 is 0 Å². The molecule has 69 heavy (non-hydrogen) atoms. The second-order valence-electron chi connectivity index (χ2n) is 21.0. The maximum atomic E-state index is 14.5. The molecule has 0 aromatic heterocycles. The van der Waals surface area contributed by atoms with E-state index in [1.807, 2.05) is 58.1 Å². The summed E-state index contributed by atoms with van der Waals surface area (Å²) in [5, 5.41) is 23.5. The van der Waals surface area contributed by atoms with Gasteiger partial charge >= 0.3 is 5.97 Å². The molecule has 0 aromatic carbocycles. The lowest BCUT2D eigenvalue weighted by molar-refractivity contribution is -0.265. The molecule has 1 amide bonds. The monoisotopic (exact) mass is 990 g/mol. The van der Waals surface area contributed by atoms with Crippen LogP contribution in [0.5, 0.6) is 0 Å². The molecule has 2 saturated heterocycles. The number of methoxy groups -OCH3 is 3. The molecule has 2 bridgehead atoms. The Balaban J connectivity index is 1.70. The lowest BCUT2D eigenvalue weighted by Crippen LogP contribution is -2.61. The van der Waals surface area contributed by atoms with E-state index in [1.54, 1.807) is 41.1 Å². The molecule has 4 rings (SSSR count). The van der Waals surface area contributed by atoms with Crippen LogP contribution in [-0.2, 0) is 52.2 Å². The van der Waals surface area contributed by atoms with Gasteiger partial charge in [0.1, 0.15) is 30.1 Å². The number of allylic oxidation sites excluding steroid dienone is 6. The maximum absolute atomic E-state index is 14.5. The van der Waals surface area contributed by atoms with E-state index in [0.717, 1.165) is 12.0 Å². The number of ketones is 3. The fraction of sp³-hybridized carbons (Fsp3) is 0.755. The Labute approximate surface area is 411 Å². The van der Waals surface area contributed by atoms with Gasteiger partial charge in [0.25, 0.3) is 11.7 Å². The van der Waals surface area contributed by atoms with Crippen molar-refractivity contribution in [1.29, 1.82) is 0 Å². The van der Waals surface area contributed by atoms with Crippen molar-refractivity contribution in [3.05, 3.63) is 47.6 Å². The SMILES string of the molecule is CO[C@H]1C[C@@H]2CC[C@@H](C)[C@@](O)(O2)C(=O)C(=O)N2CCCC[C@H]2C(=O)O[C@H]([C@H](C)C[C@@H]2CC[C@@H](CP(C)(=O)O)[C@H](OC)C2)CC(=O)[C@H](C)/C=C(\C)[C@@H](O)[C@@H](OC)C(=O)[C@H](C)C[C@H](C)/C=C/C=CC=C1C. The Hall–Kier alpha value is -3.14. The number of Topliss-reactive ketones (excluding diaryl/α,β-unsaturated/α-hetero) is 3. The van der Waals surface area contributed by atoms with Gasteiger partial charge in [-0.15, -0.1) is 0 Å². The Bertz CT molecular complexity index is 1940. The minimum Gasteiger partial charge on any atom is -0.460 e. The summed E-state index contributed by atoms with van der Waals surface area (Å²) in [6.07, 6.45) is 11.9. The molecule has 0 spiro atoms. The van der Waals surface area contributed by atoms with Crippen LogP contribution >= 0.6 is 7.37 Å². The number of amides is 1. The first kappa shape index (κ1) is 58.4. The van der Waals surface area contributed by atoms with E-state index in [0.29, 0.717) is 63.4 Å². The van der Waals surface area contributed by atoms with Crippen LogP contribution in [0.25, 0.3) is 0 Å². The molecule has 3 N–H and O–H groups in total. The lowest BCUT2D eigenvalue weighted by Gasteiger charge is -2.42. The van der Waals surface area contributed by atoms with Gasteiger partial charge in [-0.05, 0) is 113 Å². The standard InChI is InChI=1S/C53H84NO14P/c1-32-17-13-12-14-18-33(2)44(64-8)29-41-23-20-38(7)53(61,68-41)50(58)51(59)54-24-16-15-19-42(54)52(60)67-45(35(4)27-39-21-22-40(31-69(11,62)63)46(28-39)65-9)30-43(55)34(3)26-37(6)48(57)49(66-10)47(56)36(5)25-32/h12-14,17-18,26,32,34-36,38-42,44-46,48-49,57,61H,15-16,19-25,27-31H2,1-11H3,(H,62,63)/b14-12?,17-13+,33-18?,37-26+/t32-,34-,35-,36-,38-,39+,40+,41+,42+,44+,45+,46-,48-,49+,53-/m1/s1. The molecule has 3 heterocycles. The molecule has 3 aliphatic heterocycles. The number of carbonyl (C=O) groups excluding carboxylic acids is 5. The summed E-state index contributed by atoms with van der Waals surface area (Å²) in [4.78, 5) is 82.3. The summed E-state index contributed by atoms with van der Waals surface area (Å²) in [6.45, 7) is 14.0. The van der Waals surface area contributed by atoms with Crippen LogP contribution in [0.2, 0.25) is 0 Å². The molecule has 4 aliphatic rings. The van der Waals surface area contributed by atoms with Crippen molar-refractivity contribution in [2.45, 2.75) is 174 Å². The van der Waals surface area contributed by atoms with Crippen LogP contribution in [0.3, 0.4) is 0 Å². The zero-order valence-corrected chi connectivity index (χ0v) is 44.1. The molecule has 1 saturated carbocycles. The number of cyclic esters (lactones) is 1. The lowest BCUT2D eigenvalue weighted by atomic mass is 9.75. The van der Waals surface area contributed by atoms with Crippen molar-refractivity contribution in [1.82, 2.24) is 4.90 Å². The Kier molecular flexibility index (Phi) is 22.5. The third-order valence-electron chi connectivity index (χ3n) is 15.2. The van der Waals surface area contributed by atoms with E-state index < -0.39 is 85.1 Å². The van der Waals surface area contributed by atoms with E-state index in [9.17, 15) is 43.6 Å². The topological polar surface area (TPSA) is 212 Å². The molecule has 3 fully saturated rings. The highest BCUT2D eigenvalue weighted by Crippen LogP contribution is 2.45. The highest BCUT2D eigenvalue weighted by molar-refractivity contribution is 7.57. The van der Waals surface area contributed by atoms with Crippen molar-refractivity contribution in [2.75, 3.05) is 40.7 Å². The first-order valence-corrected chi connectivity index (χ1v) is 27.5. The summed E-state index contributed by atoms with van der Waals surface area (Å²) in [6, 6.07) is -1.16. The second-order valence-corrected chi connectivity index (χ2v) is 23.5. The number of aliphatic hydroxyl groups is 2. The van der Waals surface area contributed by atoms with Crippen molar-refractivity contribution < 1.29 is 67.3 Å². The molecule has 1 aliphatic carbocycles. The second kappa shape index (κ2) is 26.5. The number of nitrogens with zero attached hydrogens (tertiary/aromatic N) is 1. The number of fused-ring (bicyclic) bond motifs is 3. The first-order chi connectivity index (χ1) is 32.4. The average Bonchev–Trinajstić information content (AvgIpc) is 3.30. The number of carbonyl (C=O) groups is 5. The quantitative estimate of drug-likeness (QED) is 0.0941. The number of piperidine rings is 1. The Morgan fingerprint density at radius 2 is 1.59 bits per heavy atom. The predicted molar refractivity (Wildman–Crippen MR) is 263 cm³/mol. The fourth-order valence-electron chi connectivity index (χ4n) is 10.9. The summed E-state index contributed by atoms with van der Waals surface area (Å²) < 4.78 is 42.1. The highest BCUT2D eigenvalue weighted by Gasteiger charge is 2.53. The molecule has 390 valence electrons. The van der Waals surface area contributed by atoms with Gasteiger partial charge < -0.3 is 43.7 Å². The normalized spacial score (nSPS) is 38.5. The van der Waals surface area contributed by atoms with Gasteiger partial charge in [0.05, 0.1) is 18.3 Å². The van der Waals surface area contributed by atoms with Crippen molar-refractivity contribution in [3.8, 4) is 0 Å². The first-order valence-electron chi connectivity index (χ1n) is 25.2. The van der Waals surface area contributed by atoms with Crippen LogP contribution in [0.4, 0.5) is 0 Å². The van der Waals surface area contributed by atoms with Crippen LogP contribution in [0, 0.1) is 41.4 Å². The molecule has 1 unspecified atom stereocenters. The van der Waals surface area contributed by atoms with Gasteiger partial charge in [0.2, 0.25) is 5.79 Å². The van der Waals surface area contributed by atoms with Gasteiger partial charge in [-0.2, -0.15) is 0 Å². The zero-order valence-electron chi connectivity index (χ0n) is 43.2. The zero-order chi connectivity index (χ0) is 51.4. The van der Waals surface area contributed by atoms with Gasteiger partial charge in [0.15, 0.2) is 13.2 Å². The smallest absolute Gasteiger partial charge is 0.329 e. The summed E-state index contributed by atoms with van der Waals surface area (Å²) >= 11 is 0. The van der Waals surface area contributed by atoms with E-state index in [4.69, 9.17) is 23.7 Å². The summed E-state index contributed by atoms with van der Waals surface area (Å²) in [5.74, 6) is -8.26. The van der Waals surface area contributed by atoms with Crippen molar-refractivity contribution >= 4 is 36.6 Å². The number of rotatable bonds is 8. The van der Waals surface area contributed by atoms with Crippen LogP contribution in [-0.4, -0.2) is 138 Å². The minimum atomic E-state index is -3.29. The van der Waals surface area contributed by atoms with Crippen LogP contribution in [0.15, 0.2) is 47.6 Å². The highest BCUT2D eigenvalue weighted by atomic mass is 31.2. The Morgan fingerprint density at radius 3 is 2.25 bits per heavy atom. The van der Waals surface area contributed by atoms with Crippen LogP contribution in [0.1, 0.15) is 126 Å². The number of hydrogen-bond donors (Lipinski definition) is 3. The Morgan fingerprint density at radius 1 is 0.884 bits per heavy atom. The number of aliphatic hydroxyl groups excluding tert-OH is 1. The number of hydrogen-bond acceptors (Lipinski definition) is 13. The molecule has 15 nitrogen and oxygen atoms in total. The molecule has 0 aromatic rings. The molecular formula is C53H84NO14P. The minimum absolute atomic E-state index is 0.00815. The van der Waals surface area contributed by atoms with Gasteiger partial charge in [-0.3, -0.25) is 23.7 Å². The third-order valence-corrected chi connectivity index (χ3v) is 16.4. The molecule has 0 radical (unpaired) electrons. The fourth-order valence-corrected chi connectivity index (χ4v) is 12.2. The van der Waals surface area contributed by atoms with Gasteiger partial charge in [0, 0.05) is 71.3 Å². The number of esters is 1. The molecule has 16 atom stereocenters. The summed E-state index contributed by atoms with van der Waals surface area (Å²) in [5.41, 5.74) is 1.25.